The molecule has 0 amide bonds. The van der Waals surface area contributed by atoms with Crippen LogP contribution >= 0.6 is 0 Å². The minimum atomic E-state index is -0.773. The molecule has 0 aromatic rings. The van der Waals surface area contributed by atoms with Crippen LogP contribution in [0.2, 0.25) is 0 Å². The van der Waals surface area contributed by atoms with Crippen molar-refractivity contribution in [2.75, 3.05) is 13.2 Å². The Morgan fingerprint density at radius 1 is 0.284 bits per heavy atom. The molecule has 0 aliphatic rings. The van der Waals surface area contributed by atoms with Gasteiger partial charge >= 0.3 is 17.9 Å². The molecular weight excluding hydrogens is 913 g/mol. The van der Waals surface area contributed by atoms with Crippen LogP contribution in [-0.2, 0) is 28.6 Å². The summed E-state index contributed by atoms with van der Waals surface area (Å²) in [4.78, 5) is 38.0. The van der Waals surface area contributed by atoms with Crippen molar-refractivity contribution in [2.45, 2.75) is 329 Å². The van der Waals surface area contributed by atoms with Crippen molar-refractivity contribution in [1.82, 2.24) is 0 Å². The van der Waals surface area contributed by atoms with Gasteiger partial charge in [-0.05, 0) is 89.9 Å². The van der Waals surface area contributed by atoms with Crippen LogP contribution in [0.25, 0.3) is 0 Å². The lowest BCUT2D eigenvalue weighted by Gasteiger charge is -2.18. The van der Waals surface area contributed by atoms with Gasteiger partial charge in [-0.3, -0.25) is 14.4 Å². The van der Waals surface area contributed by atoms with Crippen LogP contribution in [-0.4, -0.2) is 37.2 Å². The van der Waals surface area contributed by atoms with Gasteiger partial charge < -0.3 is 14.2 Å². The molecule has 0 radical (unpaired) electrons. The fourth-order valence-electron chi connectivity index (χ4n) is 9.17. The van der Waals surface area contributed by atoms with E-state index < -0.39 is 6.10 Å². The average Bonchev–Trinajstić information content (AvgIpc) is 3.40. The van der Waals surface area contributed by atoms with E-state index in [0.717, 1.165) is 89.9 Å². The summed E-state index contributed by atoms with van der Waals surface area (Å²) < 4.78 is 16.8. The van der Waals surface area contributed by atoms with E-state index in [1.807, 2.05) is 0 Å². The number of unbranched alkanes of at least 4 members (excludes halogenated alkanes) is 35. The number of carbonyl (C=O) groups excluding carboxylic acids is 3. The summed E-state index contributed by atoms with van der Waals surface area (Å²) in [6, 6.07) is 0. The first-order valence-electron chi connectivity index (χ1n) is 31.9. The van der Waals surface area contributed by atoms with E-state index in [1.54, 1.807) is 0 Å². The first kappa shape index (κ1) is 70.8. The molecule has 428 valence electrons. The van der Waals surface area contributed by atoms with Crippen LogP contribution in [0.5, 0.6) is 0 Å². The minimum Gasteiger partial charge on any atom is -0.462 e. The molecule has 0 aromatic heterocycles. The summed E-state index contributed by atoms with van der Waals surface area (Å²) >= 11 is 0. The highest BCUT2D eigenvalue weighted by molar-refractivity contribution is 5.71. The quantitative estimate of drug-likeness (QED) is 0.0261. The second-order valence-electron chi connectivity index (χ2n) is 21.3. The minimum absolute atomic E-state index is 0.0733. The lowest BCUT2D eigenvalue weighted by atomic mass is 10.0. The van der Waals surface area contributed by atoms with E-state index in [-0.39, 0.29) is 31.1 Å². The van der Waals surface area contributed by atoms with Gasteiger partial charge in [0.15, 0.2) is 6.10 Å². The number of hydrogen-bond acceptors (Lipinski definition) is 6. The maximum absolute atomic E-state index is 12.8. The third-order valence-electron chi connectivity index (χ3n) is 13.9. The number of rotatable bonds is 58. The first-order chi connectivity index (χ1) is 36.5. The molecule has 0 aliphatic heterocycles. The van der Waals surface area contributed by atoms with Crippen LogP contribution in [0.15, 0.2) is 72.9 Å². The number of allylic oxidation sites excluding steroid dienone is 12. The SMILES string of the molecule is CC/C=C\C/C=C\C/C=C\C/C=C\C/C=C\CCCCCCCCCCCCCCCCCC(=O)OCC(COC(=O)CCCCCCCCC)OC(=O)CCCCCCCCC/C=C\CCCCCCCCC. The number of hydrogen-bond donors (Lipinski definition) is 0. The molecular formula is C68H120O6. The summed E-state index contributed by atoms with van der Waals surface area (Å²) in [5, 5.41) is 0. The van der Waals surface area contributed by atoms with Crippen molar-refractivity contribution >= 4 is 17.9 Å². The third-order valence-corrected chi connectivity index (χ3v) is 13.9. The van der Waals surface area contributed by atoms with E-state index in [4.69, 9.17) is 14.2 Å². The summed E-state index contributed by atoms with van der Waals surface area (Å²) in [6.07, 6.45) is 80.8. The fraction of sp³-hybridized carbons (Fsp3) is 0.779. The van der Waals surface area contributed by atoms with Crippen LogP contribution in [0.4, 0.5) is 0 Å². The van der Waals surface area contributed by atoms with Gasteiger partial charge in [-0.15, -0.1) is 0 Å². The Morgan fingerprint density at radius 3 is 0.838 bits per heavy atom. The highest BCUT2D eigenvalue weighted by atomic mass is 16.6. The highest BCUT2D eigenvalue weighted by Crippen LogP contribution is 2.17. The normalized spacial score (nSPS) is 12.5. The third kappa shape index (κ3) is 59.7. The van der Waals surface area contributed by atoms with Crippen LogP contribution in [0.1, 0.15) is 323 Å². The van der Waals surface area contributed by atoms with E-state index in [0.29, 0.717) is 19.3 Å². The second-order valence-corrected chi connectivity index (χ2v) is 21.3. The number of carbonyl (C=O) groups is 3. The zero-order valence-electron chi connectivity index (χ0n) is 49.1. The molecule has 0 saturated carbocycles. The molecule has 0 N–H and O–H groups in total. The summed E-state index contributed by atoms with van der Waals surface area (Å²) in [7, 11) is 0. The molecule has 0 aliphatic carbocycles. The largest absolute Gasteiger partial charge is 0.462 e. The maximum atomic E-state index is 12.8. The van der Waals surface area contributed by atoms with Gasteiger partial charge in [0.25, 0.3) is 0 Å². The van der Waals surface area contributed by atoms with Crippen molar-refractivity contribution in [3.8, 4) is 0 Å². The highest BCUT2D eigenvalue weighted by Gasteiger charge is 2.19. The average molecular weight is 1030 g/mol. The predicted octanol–water partition coefficient (Wildman–Crippen LogP) is 21.7. The molecule has 74 heavy (non-hydrogen) atoms. The van der Waals surface area contributed by atoms with Crippen LogP contribution in [0.3, 0.4) is 0 Å². The van der Waals surface area contributed by atoms with Crippen molar-refractivity contribution in [3.05, 3.63) is 72.9 Å². The van der Waals surface area contributed by atoms with Crippen molar-refractivity contribution in [1.29, 1.82) is 0 Å². The van der Waals surface area contributed by atoms with Gasteiger partial charge in [0.05, 0.1) is 0 Å². The van der Waals surface area contributed by atoms with Crippen molar-refractivity contribution in [2.24, 2.45) is 0 Å². The van der Waals surface area contributed by atoms with E-state index in [1.165, 1.54) is 193 Å². The first-order valence-corrected chi connectivity index (χ1v) is 31.9. The summed E-state index contributed by atoms with van der Waals surface area (Å²) in [5.41, 5.74) is 0. The van der Waals surface area contributed by atoms with Crippen LogP contribution < -0.4 is 0 Å². The zero-order chi connectivity index (χ0) is 53.6. The number of ether oxygens (including phenoxy) is 3. The Labute approximate surface area is 459 Å². The maximum Gasteiger partial charge on any atom is 0.306 e. The molecule has 0 fully saturated rings. The Bertz CT molecular complexity index is 1370. The molecule has 0 rings (SSSR count). The van der Waals surface area contributed by atoms with Gasteiger partial charge in [-0.1, -0.05) is 286 Å². The molecule has 0 spiro atoms. The topological polar surface area (TPSA) is 78.9 Å². The molecule has 0 aromatic carbocycles. The Morgan fingerprint density at radius 2 is 0.527 bits per heavy atom. The Hall–Kier alpha value is -3.15. The van der Waals surface area contributed by atoms with E-state index in [9.17, 15) is 14.4 Å². The van der Waals surface area contributed by atoms with Gasteiger partial charge in [0.2, 0.25) is 0 Å². The molecule has 0 heterocycles. The predicted molar refractivity (Wildman–Crippen MR) is 321 cm³/mol. The van der Waals surface area contributed by atoms with Crippen molar-refractivity contribution < 1.29 is 28.6 Å². The van der Waals surface area contributed by atoms with Crippen molar-refractivity contribution in [3.63, 3.8) is 0 Å². The van der Waals surface area contributed by atoms with E-state index >= 15 is 0 Å². The van der Waals surface area contributed by atoms with Gasteiger partial charge in [-0.2, -0.15) is 0 Å². The molecule has 6 heteroatoms. The second kappa shape index (κ2) is 62.4. The van der Waals surface area contributed by atoms with Gasteiger partial charge in [-0.25, -0.2) is 0 Å². The molecule has 6 nitrogen and oxygen atoms in total. The summed E-state index contributed by atoms with van der Waals surface area (Å²) in [5.74, 6) is -0.871. The summed E-state index contributed by atoms with van der Waals surface area (Å²) in [6.45, 7) is 6.51. The molecule has 0 saturated heterocycles. The van der Waals surface area contributed by atoms with Gasteiger partial charge in [0.1, 0.15) is 13.2 Å². The Kier molecular flexibility index (Phi) is 59.7. The lowest BCUT2D eigenvalue weighted by molar-refractivity contribution is -0.167. The number of esters is 3. The van der Waals surface area contributed by atoms with Gasteiger partial charge in [0, 0.05) is 19.3 Å². The lowest BCUT2D eigenvalue weighted by Crippen LogP contribution is -2.30. The zero-order valence-corrected chi connectivity index (χ0v) is 49.1. The fourth-order valence-corrected chi connectivity index (χ4v) is 9.17. The smallest absolute Gasteiger partial charge is 0.306 e. The Balaban J connectivity index is 4.06. The molecule has 1 atom stereocenters. The standard InChI is InChI=1S/C68H120O6/c1-4-7-10-13-16-18-20-22-24-26-28-29-30-31-32-33-34-35-36-37-38-39-40-42-43-45-47-49-52-55-58-61-67(70)73-64-65(63-72-66(69)60-57-54-51-15-12-9-6-3)74-68(71)62-59-56-53-50-48-46-44-41-27-25-23-21-19-17-14-11-8-5-2/h7,10,16,18,22,24-25,27-29,31-32,65H,4-6,8-9,11-15,17,19-21,23,26,30,33-64H2,1-3H3/b10-7-,18-16-,24-22-,27-25-,29-28-,32-31-. The van der Waals surface area contributed by atoms with E-state index in [2.05, 4.69) is 93.7 Å². The molecule has 1 unspecified atom stereocenters. The molecule has 0 bridgehead atoms. The van der Waals surface area contributed by atoms with Crippen LogP contribution in [0, 0.1) is 0 Å². The monoisotopic (exact) mass is 1030 g/mol.